The number of aliphatic hydroxyl groups excluding tert-OH is 4. The van der Waals surface area contributed by atoms with Crippen LogP contribution in [0.25, 0.3) is 0 Å². The Morgan fingerprint density at radius 3 is 1.37 bits per heavy atom. The molecule has 0 aromatic carbocycles. The summed E-state index contributed by atoms with van der Waals surface area (Å²) in [6.07, 6.45) is 32.3. The molecule has 0 saturated heterocycles. The minimum atomic E-state index is -1.26. The van der Waals surface area contributed by atoms with Crippen LogP contribution in [0.3, 0.4) is 0 Å². The van der Waals surface area contributed by atoms with Crippen LogP contribution in [0.2, 0.25) is 0 Å². The number of allylic oxidation sites excluding steroid dienone is 2. The molecule has 6 heteroatoms. The zero-order chi connectivity index (χ0) is 31.8. The smallest absolute Gasteiger partial charge is 0.249 e. The number of unbranched alkanes of at least 4 members (excludes halogenated alkanes) is 22. The zero-order valence-corrected chi connectivity index (χ0v) is 28.5. The lowest BCUT2D eigenvalue weighted by Crippen LogP contribution is -2.53. The summed E-state index contributed by atoms with van der Waals surface area (Å²) in [6.45, 7) is 4.01. The Morgan fingerprint density at radius 2 is 0.930 bits per heavy atom. The molecule has 0 saturated carbocycles. The number of nitrogens with one attached hydrogen (secondary N) is 1. The third-order valence-electron chi connectivity index (χ3n) is 8.73. The van der Waals surface area contributed by atoms with Gasteiger partial charge in [0.15, 0.2) is 0 Å². The van der Waals surface area contributed by atoms with Gasteiger partial charge in [-0.25, -0.2) is 0 Å². The molecule has 0 aliphatic rings. The van der Waals surface area contributed by atoms with E-state index in [4.69, 9.17) is 0 Å². The number of aliphatic hydroxyl groups is 4. The lowest BCUT2D eigenvalue weighted by Gasteiger charge is -2.27. The molecule has 1 amide bonds. The van der Waals surface area contributed by atoms with Gasteiger partial charge in [0.25, 0.3) is 0 Å². The van der Waals surface area contributed by atoms with E-state index in [-0.39, 0.29) is 0 Å². The van der Waals surface area contributed by atoms with Crippen molar-refractivity contribution in [1.82, 2.24) is 5.32 Å². The van der Waals surface area contributed by atoms with E-state index < -0.39 is 36.9 Å². The molecule has 4 unspecified atom stereocenters. The van der Waals surface area contributed by atoms with Gasteiger partial charge in [-0.3, -0.25) is 4.79 Å². The number of carbonyl (C=O) groups excluding carboxylic acids is 1. The Labute approximate surface area is 266 Å². The minimum Gasteiger partial charge on any atom is -0.394 e. The van der Waals surface area contributed by atoms with Crippen LogP contribution in [0.4, 0.5) is 0 Å². The average molecular weight is 612 g/mol. The Bertz CT molecular complexity index is 614. The zero-order valence-electron chi connectivity index (χ0n) is 28.5. The first-order valence-corrected chi connectivity index (χ1v) is 18.6. The molecule has 0 fully saturated rings. The number of rotatable bonds is 33. The summed E-state index contributed by atoms with van der Waals surface area (Å²) in [6, 6.07) is -0.988. The minimum absolute atomic E-state index is 0.340. The number of carbonyl (C=O) groups is 1. The standard InChI is InChI=1S/C37H73NO5/c1-3-5-7-9-11-13-15-17-18-19-21-22-24-26-28-30-34(40)36(42)33(32-39)38-37(43)35(41)31-29-27-25-23-20-16-14-12-10-8-6-4-2/h20,23,33-36,39-42H,3-19,21-22,24-32H2,1-2H3,(H,38,43)/b23-20-. The lowest BCUT2D eigenvalue weighted by molar-refractivity contribution is -0.132. The van der Waals surface area contributed by atoms with E-state index in [1.807, 2.05) is 0 Å². The van der Waals surface area contributed by atoms with Gasteiger partial charge in [0.1, 0.15) is 12.2 Å². The van der Waals surface area contributed by atoms with Gasteiger partial charge >= 0.3 is 0 Å². The van der Waals surface area contributed by atoms with E-state index in [0.29, 0.717) is 12.8 Å². The number of hydrogen-bond donors (Lipinski definition) is 5. The normalized spacial score (nSPS) is 14.7. The van der Waals surface area contributed by atoms with Crippen molar-refractivity contribution in [2.45, 2.75) is 212 Å². The van der Waals surface area contributed by atoms with E-state index in [1.54, 1.807) is 0 Å². The molecule has 43 heavy (non-hydrogen) atoms. The molecule has 0 bridgehead atoms. The van der Waals surface area contributed by atoms with E-state index in [2.05, 4.69) is 31.3 Å². The molecule has 0 rings (SSSR count). The van der Waals surface area contributed by atoms with Crippen LogP contribution in [0.5, 0.6) is 0 Å². The highest BCUT2D eigenvalue weighted by Gasteiger charge is 2.28. The topological polar surface area (TPSA) is 110 Å². The lowest BCUT2D eigenvalue weighted by atomic mass is 9.99. The van der Waals surface area contributed by atoms with Crippen LogP contribution in [0, 0.1) is 0 Å². The quantitative estimate of drug-likeness (QED) is 0.0377. The second-order valence-electron chi connectivity index (χ2n) is 12.9. The first-order chi connectivity index (χ1) is 21.0. The number of amides is 1. The molecular weight excluding hydrogens is 538 g/mol. The first-order valence-electron chi connectivity index (χ1n) is 18.6. The van der Waals surface area contributed by atoms with Crippen molar-refractivity contribution in [3.63, 3.8) is 0 Å². The van der Waals surface area contributed by atoms with Crippen molar-refractivity contribution >= 4 is 5.91 Å². The molecule has 256 valence electrons. The molecule has 0 aromatic heterocycles. The molecular formula is C37H73NO5. The maximum absolute atomic E-state index is 12.4. The maximum Gasteiger partial charge on any atom is 0.249 e. The monoisotopic (exact) mass is 612 g/mol. The van der Waals surface area contributed by atoms with Crippen molar-refractivity contribution in [2.24, 2.45) is 0 Å². The average Bonchev–Trinajstić information content (AvgIpc) is 3.01. The fourth-order valence-electron chi connectivity index (χ4n) is 5.69. The molecule has 0 heterocycles. The Kier molecular flexibility index (Phi) is 31.7. The summed E-state index contributed by atoms with van der Waals surface area (Å²) >= 11 is 0. The van der Waals surface area contributed by atoms with Gasteiger partial charge in [-0.2, -0.15) is 0 Å². The summed E-state index contributed by atoms with van der Waals surface area (Å²) in [4.78, 5) is 12.4. The summed E-state index contributed by atoms with van der Waals surface area (Å²) < 4.78 is 0. The number of hydrogen-bond acceptors (Lipinski definition) is 5. The van der Waals surface area contributed by atoms with E-state index in [0.717, 1.165) is 44.9 Å². The molecule has 0 aliphatic carbocycles. The van der Waals surface area contributed by atoms with Crippen LogP contribution in [0.15, 0.2) is 12.2 Å². The second-order valence-corrected chi connectivity index (χ2v) is 12.9. The van der Waals surface area contributed by atoms with Gasteiger partial charge in [0.2, 0.25) is 5.91 Å². The molecule has 6 nitrogen and oxygen atoms in total. The highest BCUT2D eigenvalue weighted by Crippen LogP contribution is 2.16. The summed E-state index contributed by atoms with van der Waals surface area (Å²) in [5.41, 5.74) is 0. The van der Waals surface area contributed by atoms with E-state index in [9.17, 15) is 25.2 Å². The van der Waals surface area contributed by atoms with Crippen molar-refractivity contribution in [3.05, 3.63) is 12.2 Å². The van der Waals surface area contributed by atoms with Crippen molar-refractivity contribution in [2.75, 3.05) is 6.61 Å². The van der Waals surface area contributed by atoms with Gasteiger partial charge < -0.3 is 25.7 Å². The van der Waals surface area contributed by atoms with Crippen molar-refractivity contribution in [1.29, 1.82) is 0 Å². The summed E-state index contributed by atoms with van der Waals surface area (Å²) in [5.74, 6) is -0.601. The fourth-order valence-corrected chi connectivity index (χ4v) is 5.69. The van der Waals surface area contributed by atoms with Crippen LogP contribution in [-0.2, 0) is 4.79 Å². The van der Waals surface area contributed by atoms with Crippen LogP contribution in [0.1, 0.15) is 187 Å². The largest absolute Gasteiger partial charge is 0.394 e. The maximum atomic E-state index is 12.4. The molecule has 5 N–H and O–H groups in total. The molecule has 0 spiro atoms. The molecule has 0 aliphatic heterocycles. The van der Waals surface area contributed by atoms with Gasteiger partial charge in [-0.05, 0) is 38.5 Å². The fraction of sp³-hybridized carbons (Fsp3) is 0.919. The highest BCUT2D eigenvalue weighted by molar-refractivity contribution is 5.80. The third-order valence-corrected chi connectivity index (χ3v) is 8.73. The van der Waals surface area contributed by atoms with Crippen LogP contribution in [-0.4, -0.2) is 57.3 Å². The van der Waals surface area contributed by atoms with Crippen molar-refractivity contribution in [3.8, 4) is 0 Å². The second kappa shape index (κ2) is 32.4. The van der Waals surface area contributed by atoms with E-state index >= 15 is 0 Å². The molecule has 0 aromatic rings. The van der Waals surface area contributed by atoms with Crippen LogP contribution >= 0.6 is 0 Å². The molecule has 4 atom stereocenters. The Hall–Kier alpha value is -0.950. The third kappa shape index (κ3) is 27.1. The van der Waals surface area contributed by atoms with Gasteiger partial charge in [-0.15, -0.1) is 0 Å². The Morgan fingerprint density at radius 1 is 0.558 bits per heavy atom. The van der Waals surface area contributed by atoms with Gasteiger partial charge in [-0.1, -0.05) is 161 Å². The van der Waals surface area contributed by atoms with Crippen molar-refractivity contribution < 1.29 is 25.2 Å². The van der Waals surface area contributed by atoms with Crippen LogP contribution < -0.4 is 5.32 Å². The predicted octanol–water partition coefficient (Wildman–Crippen LogP) is 8.67. The first kappa shape index (κ1) is 42.0. The molecule has 0 radical (unpaired) electrons. The summed E-state index contributed by atoms with van der Waals surface area (Å²) in [7, 11) is 0. The van der Waals surface area contributed by atoms with Gasteiger partial charge in [0, 0.05) is 0 Å². The summed E-state index contributed by atoms with van der Waals surface area (Å²) in [5, 5.41) is 43.4. The SMILES string of the molecule is CCCCCCCC/C=C\CCCCC(O)C(=O)NC(CO)C(O)C(O)CCCCCCCCCCCCCCCCC. The Balaban J connectivity index is 3.83. The highest BCUT2D eigenvalue weighted by atomic mass is 16.3. The van der Waals surface area contributed by atoms with Gasteiger partial charge in [0.05, 0.1) is 18.8 Å². The van der Waals surface area contributed by atoms with E-state index in [1.165, 1.54) is 116 Å². The predicted molar refractivity (Wildman–Crippen MR) is 182 cm³/mol.